The molecule has 2 aliphatic heterocycles. The summed E-state index contributed by atoms with van der Waals surface area (Å²) in [6.07, 6.45) is 6.51. The minimum atomic E-state index is -1.30. The predicted molar refractivity (Wildman–Crippen MR) is 273 cm³/mol. The maximum absolute atomic E-state index is 13.1. The van der Waals surface area contributed by atoms with Crippen molar-refractivity contribution in [3.63, 3.8) is 0 Å². The van der Waals surface area contributed by atoms with Gasteiger partial charge in [-0.1, -0.05) is 88.4 Å². The van der Waals surface area contributed by atoms with Crippen LogP contribution in [0.5, 0.6) is 11.5 Å². The third kappa shape index (κ3) is 16.0. The van der Waals surface area contributed by atoms with Crippen molar-refractivity contribution in [3.05, 3.63) is 119 Å². The Bertz CT molecular complexity index is 2290. The number of piperidine rings is 2. The number of benzene rings is 4. The zero-order chi connectivity index (χ0) is 49.8. The summed E-state index contributed by atoms with van der Waals surface area (Å²) in [5.41, 5.74) is 4.06. The maximum atomic E-state index is 13.1. The fraction of sp³-hybridized carbons (Fsp3) is 0.517. The molecule has 0 aromatic heterocycles. The Morgan fingerprint density at radius 3 is 1.35 bits per heavy atom. The molecule has 0 spiro atoms. The lowest BCUT2D eigenvalue weighted by molar-refractivity contribution is -0.171. The smallest absolute Gasteiger partial charge is 0.350 e. The van der Waals surface area contributed by atoms with Crippen LogP contribution in [0.1, 0.15) is 149 Å². The molecule has 2 aliphatic rings. The SMILES string of the molecule is CC(C)c1ccc(CCC(=O)C2CCCN(c3cccc(OC(C)(C)C(=O)O)c3)C2)cc1.CC(C)c1ccc(CCC(=O)C2CCCN(c3cccc(OC(C)(C)C(=O)OC(C)(C)C)c3)C2)cc1. The molecule has 2 saturated heterocycles. The third-order valence-corrected chi connectivity index (χ3v) is 12.9. The first-order valence-electron chi connectivity index (χ1n) is 24.8. The largest absolute Gasteiger partial charge is 0.478 e. The highest BCUT2D eigenvalue weighted by atomic mass is 16.6. The summed E-state index contributed by atoms with van der Waals surface area (Å²) in [6, 6.07) is 32.5. The van der Waals surface area contributed by atoms with Crippen LogP contribution in [-0.2, 0) is 36.8 Å². The van der Waals surface area contributed by atoms with E-state index in [1.165, 1.54) is 36.1 Å². The molecule has 0 aliphatic carbocycles. The molecule has 4 aromatic carbocycles. The molecule has 4 aromatic rings. The van der Waals surface area contributed by atoms with Gasteiger partial charge in [-0.15, -0.1) is 0 Å². The van der Waals surface area contributed by atoms with E-state index in [4.69, 9.17) is 14.2 Å². The van der Waals surface area contributed by atoms with Gasteiger partial charge in [0.25, 0.3) is 0 Å². The molecule has 0 amide bonds. The summed E-state index contributed by atoms with van der Waals surface area (Å²) in [5.74, 6) is 1.48. The summed E-state index contributed by atoms with van der Waals surface area (Å²) >= 11 is 0. The molecule has 1 N–H and O–H groups in total. The molecule has 0 bridgehead atoms. The van der Waals surface area contributed by atoms with Crippen LogP contribution in [0, 0.1) is 11.8 Å². The van der Waals surface area contributed by atoms with Crippen molar-refractivity contribution in [2.45, 2.75) is 156 Å². The van der Waals surface area contributed by atoms with E-state index in [0.717, 1.165) is 63.0 Å². The molecule has 2 atom stereocenters. The molecule has 0 saturated carbocycles. The van der Waals surface area contributed by atoms with Gasteiger partial charge in [-0.05, 0) is 145 Å². The Balaban J connectivity index is 0.000000256. The Labute approximate surface area is 406 Å². The van der Waals surface area contributed by atoms with Gasteiger partial charge in [-0.25, -0.2) is 9.59 Å². The molecule has 2 unspecified atom stereocenters. The maximum Gasteiger partial charge on any atom is 0.350 e. The fourth-order valence-electron chi connectivity index (χ4n) is 8.59. The van der Waals surface area contributed by atoms with Crippen LogP contribution in [0.25, 0.3) is 0 Å². The third-order valence-electron chi connectivity index (χ3n) is 12.9. The second kappa shape index (κ2) is 23.6. The minimum Gasteiger partial charge on any atom is -0.478 e. The van der Waals surface area contributed by atoms with Crippen LogP contribution < -0.4 is 19.3 Å². The summed E-state index contributed by atoms with van der Waals surface area (Å²) in [7, 11) is 0. The first kappa shape index (κ1) is 53.3. The van der Waals surface area contributed by atoms with Crippen molar-refractivity contribution >= 4 is 34.9 Å². The number of Topliss-reactive ketones (excluding diaryl/α,β-unsaturated/α-hetero) is 2. The molecular formula is C58H78N2O8. The number of nitrogens with zero attached hydrogens (tertiary/aromatic N) is 2. The number of carboxylic acids is 1. The average molecular weight is 931 g/mol. The molecule has 10 heteroatoms. The van der Waals surface area contributed by atoms with Crippen molar-refractivity contribution in [2.24, 2.45) is 11.8 Å². The van der Waals surface area contributed by atoms with Crippen molar-refractivity contribution in [1.82, 2.24) is 0 Å². The molecule has 68 heavy (non-hydrogen) atoms. The van der Waals surface area contributed by atoms with E-state index < -0.39 is 28.7 Å². The van der Waals surface area contributed by atoms with Crippen LogP contribution in [0.2, 0.25) is 0 Å². The number of aliphatic carboxylic acids is 1. The second-order valence-electron chi connectivity index (χ2n) is 21.3. The number of esters is 1. The van der Waals surface area contributed by atoms with E-state index in [2.05, 4.69) is 86.0 Å². The second-order valence-corrected chi connectivity index (χ2v) is 21.3. The van der Waals surface area contributed by atoms with Crippen molar-refractivity contribution in [3.8, 4) is 11.5 Å². The van der Waals surface area contributed by atoms with Gasteiger partial charge in [0.1, 0.15) is 28.7 Å². The minimum absolute atomic E-state index is 0.0266. The fourth-order valence-corrected chi connectivity index (χ4v) is 8.59. The predicted octanol–water partition coefficient (Wildman–Crippen LogP) is 12.2. The van der Waals surface area contributed by atoms with Crippen LogP contribution in [0.4, 0.5) is 11.4 Å². The van der Waals surface area contributed by atoms with Gasteiger partial charge in [-0.3, -0.25) is 9.59 Å². The molecule has 0 radical (unpaired) electrons. The number of rotatable bonds is 18. The van der Waals surface area contributed by atoms with Crippen LogP contribution in [-0.4, -0.2) is 71.6 Å². The highest BCUT2D eigenvalue weighted by Crippen LogP contribution is 2.32. The Morgan fingerprint density at radius 2 is 0.985 bits per heavy atom. The number of carboxylic acid groups (broad SMARTS) is 1. The molecule has 10 nitrogen and oxygen atoms in total. The van der Waals surface area contributed by atoms with Gasteiger partial charge in [0.05, 0.1) is 0 Å². The first-order chi connectivity index (χ1) is 32.0. The van der Waals surface area contributed by atoms with Crippen molar-refractivity contribution in [2.75, 3.05) is 36.0 Å². The first-order valence-corrected chi connectivity index (χ1v) is 24.8. The van der Waals surface area contributed by atoms with E-state index in [1.807, 2.05) is 63.2 Å². The molecule has 368 valence electrons. The van der Waals surface area contributed by atoms with Crippen LogP contribution in [0.15, 0.2) is 97.1 Å². The van der Waals surface area contributed by atoms with E-state index in [1.54, 1.807) is 19.9 Å². The molecule has 6 rings (SSSR count). The van der Waals surface area contributed by atoms with Crippen LogP contribution in [0.3, 0.4) is 0 Å². The lowest BCUT2D eigenvalue weighted by Gasteiger charge is -2.34. The van der Waals surface area contributed by atoms with Gasteiger partial charge in [0.2, 0.25) is 0 Å². The lowest BCUT2D eigenvalue weighted by Crippen LogP contribution is -2.43. The number of hydrogen-bond acceptors (Lipinski definition) is 9. The highest BCUT2D eigenvalue weighted by Gasteiger charge is 2.35. The van der Waals surface area contributed by atoms with Gasteiger partial charge >= 0.3 is 11.9 Å². The normalized spacial score (nSPS) is 16.7. The van der Waals surface area contributed by atoms with Crippen LogP contribution >= 0.6 is 0 Å². The van der Waals surface area contributed by atoms with Crippen molar-refractivity contribution in [1.29, 1.82) is 0 Å². The highest BCUT2D eigenvalue weighted by molar-refractivity contribution is 5.83. The zero-order valence-electron chi connectivity index (χ0n) is 42.7. The van der Waals surface area contributed by atoms with Crippen molar-refractivity contribution < 1.29 is 38.5 Å². The number of ketones is 2. The van der Waals surface area contributed by atoms with Gasteiger partial charge < -0.3 is 29.1 Å². The molecule has 2 heterocycles. The number of aryl methyl sites for hydroxylation is 2. The molecule has 2 fully saturated rings. The Kier molecular flexibility index (Phi) is 18.5. The standard InChI is InChI=1S/C31H43NO4.C27H35NO4/c1-22(2)24-16-13-23(14-17-24)15-18-28(33)25-10-9-19-32(21-25)26-11-8-12-27(20-26)35-31(6,7)29(34)36-30(3,4)5;1-19(2)21-13-10-20(11-14-21)12-15-25(29)22-7-6-16-28(18-22)23-8-5-9-24(17-23)32-27(3,4)26(30)31/h8,11-14,16-17,20,22,25H,9-10,15,18-19,21H2,1-7H3;5,8-11,13-14,17,19,22H,6-7,12,15-16,18H2,1-4H3,(H,30,31). The zero-order valence-corrected chi connectivity index (χ0v) is 42.7. The number of carbonyl (C=O) groups is 4. The summed E-state index contributed by atoms with van der Waals surface area (Å²) in [4.78, 5) is 54.4. The summed E-state index contributed by atoms with van der Waals surface area (Å²) in [5, 5.41) is 9.31. The average Bonchev–Trinajstić information content (AvgIpc) is 3.30. The quantitative estimate of drug-likeness (QED) is 0.0965. The Hall–Kier alpha value is -5.64. The van der Waals surface area contributed by atoms with E-state index in [9.17, 15) is 24.3 Å². The van der Waals surface area contributed by atoms with Gasteiger partial charge in [0.15, 0.2) is 11.2 Å². The van der Waals surface area contributed by atoms with E-state index >= 15 is 0 Å². The van der Waals surface area contributed by atoms with E-state index in [-0.39, 0.29) is 11.8 Å². The van der Waals surface area contributed by atoms with Gasteiger partial charge in [0, 0.05) is 74.4 Å². The number of ether oxygens (including phenoxy) is 3. The van der Waals surface area contributed by atoms with E-state index in [0.29, 0.717) is 60.8 Å². The summed E-state index contributed by atoms with van der Waals surface area (Å²) in [6.45, 7) is 24.0. The lowest BCUT2D eigenvalue weighted by atomic mass is 9.90. The molecular weight excluding hydrogens is 853 g/mol. The summed E-state index contributed by atoms with van der Waals surface area (Å²) < 4.78 is 17.3. The van der Waals surface area contributed by atoms with Gasteiger partial charge in [-0.2, -0.15) is 0 Å². The number of carbonyl (C=O) groups excluding carboxylic acids is 3. The topological polar surface area (TPSA) is 123 Å². The number of anilines is 2. The monoisotopic (exact) mass is 931 g/mol. The number of hydrogen-bond donors (Lipinski definition) is 1. The Morgan fingerprint density at radius 1 is 0.588 bits per heavy atom.